The Hall–Kier alpha value is -2.66. The predicted octanol–water partition coefficient (Wildman–Crippen LogP) is 3.87. The molecule has 0 saturated carbocycles. The molecule has 0 saturated heterocycles. The van der Waals surface area contributed by atoms with Crippen molar-refractivity contribution in [1.29, 1.82) is 0 Å². The highest BCUT2D eigenvalue weighted by Crippen LogP contribution is 2.35. The first-order valence-electron chi connectivity index (χ1n) is 9.90. The fourth-order valence-electron chi connectivity index (χ4n) is 3.19. The Balaban J connectivity index is 2.20. The number of fused-ring (bicyclic) bond motifs is 1. The molecule has 0 radical (unpaired) electrons. The lowest BCUT2D eigenvalue weighted by Crippen LogP contribution is -2.28. The van der Waals surface area contributed by atoms with Gasteiger partial charge in [0, 0.05) is 17.8 Å². The average Bonchev–Trinajstić information content (AvgIpc) is 3.08. The van der Waals surface area contributed by atoms with E-state index in [0.717, 1.165) is 6.07 Å². The Kier molecular flexibility index (Phi) is 6.27. The highest BCUT2D eigenvalue weighted by atomic mass is 32.2. The van der Waals surface area contributed by atoms with Gasteiger partial charge in [-0.25, -0.2) is 26.2 Å². The summed E-state index contributed by atoms with van der Waals surface area (Å²) in [6, 6.07) is 5.27. The van der Waals surface area contributed by atoms with Gasteiger partial charge in [0.1, 0.15) is 22.1 Å². The second kappa shape index (κ2) is 8.36. The average molecular weight is 484 g/mol. The van der Waals surface area contributed by atoms with Gasteiger partial charge in [0.15, 0.2) is 9.84 Å². The van der Waals surface area contributed by atoms with E-state index in [-0.39, 0.29) is 22.1 Å². The van der Waals surface area contributed by atoms with Crippen molar-refractivity contribution < 1.29 is 26.0 Å². The van der Waals surface area contributed by atoms with E-state index < -0.39 is 30.4 Å². The number of sulfone groups is 1. The van der Waals surface area contributed by atoms with E-state index in [2.05, 4.69) is 9.71 Å². The molecular formula is C21H26FN3O5S2. The minimum absolute atomic E-state index is 0.0282. The van der Waals surface area contributed by atoms with Gasteiger partial charge in [-0.05, 0) is 45.4 Å². The van der Waals surface area contributed by atoms with Crippen molar-refractivity contribution in [3.63, 3.8) is 0 Å². The number of imidazole rings is 1. The van der Waals surface area contributed by atoms with Crippen molar-refractivity contribution in [1.82, 2.24) is 9.38 Å². The molecule has 0 aliphatic heterocycles. The lowest BCUT2D eigenvalue weighted by Gasteiger charge is -2.21. The van der Waals surface area contributed by atoms with Crippen LogP contribution < -0.4 is 9.46 Å². The molecule has 0 bridgehead atoms. The number of nitrogens with one attached hydrogen (secondary N) is 1. The van der Waals surface area contributed by atoms with E-state index in [1.165, 1.54) is 42.1 Å². The minimum atomic E-state index is -3.77. The molecule has 3 aromatic rings. The maximum atomic E-state index is 14.3. The number of aromatic nitrogens is 2. The van der Waals surface area contributed by atoms with Crippen LogP contribution in [0.1, 0.15) is 34.1 Å². The summed E-state index contributed by atoms with van der Waals surface area (Å²) in [6.07, 6.45) is 3.27. The molecule has 174 valence electrons. The molecule has 2 aromatic heterocycles. The van der Waals surface area contributed by atoms with E-state index in [0.29, 0.717) is 23.3 Å². The van der Waals surface area contributed by atoms with Crippen LogP contribution in [0.2, 0.25) is 0 Å². The van der Waals surface area contributed by atoms with Gasteiger partial charge in [-0.1, -0.05) is 6.92 Å². The molecule has 3 rings (SSSR count). The maximum absolute atomic E-state index is 14.3. The Morgan fingerprint density at radius 3 is 2.41 bits per heavy atom. The van der Waals surface area contributed by atoms with Crippen LogP contribution in [-0.2, 0) is 19.9 Å². The van der Waals surface area contributed by atoms with Gasteiger partial charge in [-0.3, -0.25) is 9.12 Å². The topological polar surface area (TPSA) is 107 Å². The molecule has 0 spiro atoms. The molecule has 8 nitrogen and oxygen atoms in total. The number of hydrogen-bond donors (Lipinski definition) is 1. The van der Waals surface area contributed by atoms with Crippen molar-refractivity contribution in [2.24, 2.45) is 0 Å². The summed E-state index contributed by atoms with van der Waals surface area (Å²) in [7, 11) is -6.02. The number of anilines is 1. The Morgan fingerprint density at radius 2 is 1.81 bits per heavy atom. The number of sulfonamides is 1. The van der Waals surface area contributed by atoms with E-state index in [1.807, 2.05) is 0 Å². The molecule has 0 atom stereocenters. The van der Waals surface area contributed by atoms with Gasteiger partial charge in [-0.2, -0.15) is 0 Å². The summed E-state index contributed by atoms with van der Waals surface area (Å²) in [5.41, 5.74) is 1.18. The molecule has 1 aromatic carbocycles. The highest BCUT2D eigenvalue weighted by molar-refractivity contribution is 7.93. The second-order valence-corrected chi connectivity index (χ2v) is 12.9. The molecule has 0 aliphatic rings. The maximum Gasteiger partial charge on any atom is 0.232 e. The van der Waals surface area contributed by atoms with Crippen LogP contribution in [0.5, 0.6) is 5.75 Å². The number of nitrogens with zero attached hydrogens (tertiary/aromatic N) is 2. The number of pyridine rings is 1. The lowest BCUT2D eigenvalue weighted by molar-refractivity contribution is 0.401. The zero-order chi connectivity index (χ0) is 23.9. The normalized spacial score (nSPS) is 12.8. The Labute approximate surface area is 187 Å². The summed E-state index contributed by atoms with van der Waals surface area (Å²) >= 11 is 0. The van der Waals surface area contributed by atoms with Gasteiger partial charge in [-0.15, -0.1) is 0 Å². The van der Waals surface area contributed by atoms with Crippen LogP contribution in [0.4, 0.5) is 10.1 Å². The fourth-order valence-corrected chi connectivity index (χ4v) is 5.61. The number of benzene rings is 1. The molecule has 1 N–H and O–H groups in total. The molecular weight excluding hydrogens is 457 g/mol. The van der Waals surface area contributed by atoms with Crippen LogP contribution in [0.25, 0.3) is 16.9 Å². The van der Waals surface area contributed by atoms with Crippen molar-refractivity contribution >= 4 is 31.2 Å². The summed E-state index contributed by atoms with van der Waals surface area (Å²) in [5, 5.41) is 0. The first-order chi connectivity index (χ1) is 14.8. The first-order valence-corrected chi connectivity index (χ1v) is 13.0. The smallest absolute Gasteiger partial charge is 0.232 e. The molecule has 0 unspecified atom stereocenters. The van der Waals surface area contributed by atoms with Crippen molar-refractivity contribution in [3.05, 3.63) is 42.5 Å². The van der Waals surface area contributed by atoms with Crippen LogP contribution in [0.3, 0.4) is 0 Å². The third kappa shape index (κ3) is 4.58. The Morgan fingerprint density at radius 1 is 1.12 bits per heavy atom. The van der Waals surface area contributed by atoms with Gasteiger partial charge < -0.3 is 4.74 Å². The minimum Gasteiger partial charge on any atom is -0.495 e. The Bertz CT molecular complexity index is 1370. The zero-order valence-corrected chi connectivity index (χ0v) is 20.1. The van der Waals surface area contributed by atoms with Gasteiger partial charge in [0.05, 0.1) is 35.2 Å². The number of rotatable bonds is 7. The SMILES string of the molecule is CCCS(=O)(=O)Nc1cc(F)cc(-c2cnc3cc(OC)c(S(=O)(=O)C(C)(C)C)cn23)c1. The zero-order valence-electron chi connectivity index (χ0n) is 18.5. The number of methoxy groups -OCH3 is 1. The summed E-state index contributed by atoms with van der Waals surface area (Å²) in [6.45, 7) is 6.48. The lowest BCUT2D eigenvalue weighted by atomic mass is 10.1. The highest BCUT2D eigenvalue weighted by Gasteiger charge is 2.34. The third-order valence-corrected chi connectivity index (χ3v) is 8.82. The first kappa shape index (κ1) is 24.0. The molecule has 2 heterocycles. The monoisotopic (exact) mass is 483 g/mol. The van der Waals surface area contributed by atoms with Crippen molar-refractivity contribution in [2.45, 2.75) is 43.8 Å². The number of hydrogen-bond acceptors (Lipinski definition) is 6. The van der Waals surface area contributed by atoms with E-state index in [4.69, 9.17) is 4.74 Å². The van der Waals surface area contributed by atoms with Gasteiger partial charge in [0.25, 0.3) is 0 Å². The molecule has 0 amide bonds. The number of halogens is 1. The van der Waals surface area contributed by atoms with E-state index >= 15 is 0 Å². The summed E-state index contributed by atoms with van der Waals surface area (Å²) < 4.78 is 72.9. The molecule has 0 fully saturated rings. The summed E-state index contributed by atoms with van der Waals surface area (Å²) in [5.74, 6) is -0.595. The molecule has 32 heavy (non-hydrogen) atoms. The van der Waals surface area contributed by atoms with Crippen LogP contribution in [0.15, 0.2) is 41.6 Å². The van der Waals surface area contributed by atoms with Crippen molar-refractivity contribution in [3.8, 4) is 17.0 Å². The third-order valence-electron chi connectivity index (χ3n) is 4.83. The summed E-state index contributed by atoms with van der Waals surface area (Å²) in [4.78, 5) is 4.25. The molecule has 0 aliphatic carbocycles. The standard InChI is InChI=1S/C21H26FN3O5S2/c1-6-7-31(26,27)24-16-9-14(8-15(22)10-16)17-12-23-20-11-18(30-5)19(13-25(17)20)32(28,29)21(2,3)4/h8-13,24H,6-7H2,1-5H3. The second-order valence-electron chi connectivity index (χ2n) is 8.34. The largest absolute Gasteiger partial charge is 0.495 e. The fraction of sp³-hybridized carbons (Fsp3) is 0.381. The van der Waals surface area contributed by atoms with Gasteiger partial charge in [0.2, 0.25) is 10.0 Å². The quantitative estimate of drug-likeness (QED) is 0.547. The molecule has 11 heteroatoms. The number of ether oxygens (including phenoxy) is 1. The van der Waals surface area contributed by atoms with E-state index in [9.17, 15) is 21.2 Å². The van der Waals surface area contributed by atoms with Crippen LogP contribution in [0, 0.1) is 5.82 Å². The van der Waals surface area contributed by atoms with Crippen LogP contribution in [-0.4, -0.2) is 43.8 Å². The predicted molar refractivity (Wildman–Crippen MR) is 122 cm³/mol. The van der Waals surface area contributed by atoms with Crippen LogP contribution >= 0.6 is 0 Å². The van der Waals surface area contributed by atoms with Gasteiger partial charge >= 0.3 is 0 Å². The van der Waals surface area contributed by atoms with Crippen molar-refractivity contribution in [2.75, 3.05) is 17.6 Å². The van der Waals surface area contributed by atoms with E-state index in [1.54, 1.807) is 27.7 Å².